The third kappa shape index (κ3) is 5.79. The summed E-state index contributed by atoms with van der Waals surface area (Å²) in [6.07, 6.45) is 1.59. The Morgan fingerprint density at radius 3 is 2.31 bits per heavy atom. The Bertz CT molecular complexity index is 1300. The fraction of sp³-hybridized carbons (Fsp3) is 0.269. The monoisotopic (exact) mass is 534 g/mol. The first kappa shape index (κ1) is 25.9. The largest absolute Gasteiger partial charge is 0.435 e. The number of nitrogens with zero attached hydrogens (tertiary/aromatic N) is 2. The van der Waals surface area contributed by atoms with E-state index < -0.39 is 23.2 Å². The van der Waals surface area contributed by atoms with Crippen molar-refractivity contribution in [2.24, 2.45) is 0 Å². The summed E-state index contributed by atoms with van der Waals surface area (Å²) in [5.41, 5.74) is 2.37. The second kappa shape index (κ2) is 10.8. The van der Waals surface area contributed by atoms with E-state index in [1.165, 1.54) is 36.4 Å². The minimum atomic E-state index is -4.22. The van der Waals surface area contributed by atoms with Gasteiger partial charge in [-0.25, -0.2) is 8.42 Å². The molecule has 1 heterocycles. The minimum Gasteiger partial charge on any atom is -0.435 e. The van der Waals surface area contributed by atoms with Gasteiger partial charge in [0.05, 0.1) is 16.6 Å². The Kier molecular flexibility index (Phi) is 7.80. The van der Waals surface area contributed by atoms with Crippen LogP contribution in [-0.4, -0.2) is 38.9 Å². The summed E-state index contributed by atoms with van der Waals surface area (Å²) in [7, 11) is -4.22. The number of likely N-dealkylation sites (tertiary alicyclic amines) is 1. The quantitative estimate of drug-likeness (QED) is 0.366. The minimum absolute atomic E-state index is 0.140. The average molecular weight is 535 g/mol. The number of benzene rings is 3. The van der Waals surface area contributed by atoms with E-state index in [9.17, 15) is 22.0 Å². The SMILES string of the molecule is Cc1ccc(C2CCCN2C(=O)CN(c2ccc(Cl)cc2)S(=O)(=O)c2ccc(OC(F)F)cc2)cc1. The van der Waals surface area contributed by atoms with Gasteiger partial charge in [0, 0.05) is 11.6 Å². The van der Waals surface area contributed by atoms with Crippen molar-refractivity contribution in [3.63, 3.8) is 0 Å². The molecule has 1 unspecified atom stereocenters. The lowest BCUT2D eigenvalue weighted by molar-refractivity contribution is -0.130. The van der Waals surface area contributed by atoms with Crippen molar-refractivity contribution < 1.29 is 26.7 Å². The van der Waals surface area contributed by atoms with Crippen LogP contribution in [0.2, 0.25) is 5.02 Å². The van der Waals surface area contributed by atoms with Gasteiger partial charge in [0.15, 0.2) is 0 Å². The number of aryl methyl sites for hydroxylation is 1. The zero-order chi connectivity index (χ0) is 25.9. The van der Waals surface area contributed by atoms with Crippen LogP contribution >= 0.6 is 11.6 Å². The molecule has 1 aliphatic heterocycles. The molecule has 1 atom stereocenters. The van der Waals surface area contributed by atoms with E-state index in [0.717, 1.165) is 40.4 Å². The van der Waals surface area contributed by atoms with Gasteiger partial charge in [0.25, 0.3) is 10.0 Å². The molecule has 1 saturated heterocycles. The zero-order valence-electron chi connectivity index (χ0n) is 19.5. The predicted molar refractivity (Wildman–Crippen MR) is 134 cm³/mol. The molecule has 6 nitrogen and oxygen atoms in total. The maximum Gasteiger partial charge on any atom is 0.387 e. The Morgan fingerprint density at radius 1 is 1.06 bits per heavy atom. The molecule has 1 fully saturated rings. The molecule has 0 aliphatic carbocycles. The zero-order valence-corrected chi connectivity index (χ0v) is 21.1. The lowest BCUT2D eigenvalue weighted by Crippen LogP contribution is -2.42. The molecule has 0 bridgehead atoms. The summed E-state index contributed by atoms with van der Waals surface area (Å²) in [6, 6.07) is 18.6. The van der Waals surface area contributed by atoms with Crippen molar-refractivity contribution >= 4 is 33.2 Å². The second-order valence-corrected chi connectivity index (χ2v) is 10.8. The molecule has 3 aromatic carbocycles. The molecule has 0 radical (unpaired) electrons. The van der Waals surface area contributed by atoms with Crippen molar-refractivity contribution in [2.75, 3.05) is 17.4 Å². The maximum absolute atomic E-state index is 13.6. The summed E-state index contributed by atoms with van der Waals surface area (Å²) in [5.74, 6) is -0.509. The maximum atomic E-state index is 13.6. The van der Waals surface area contributed by atoms with E-state index in [2.05, 4.69) is 4.74 Å². The topological polar surface area (TPSA) is 66.9 Å². The average Bonchev–Trinajstić information content (AvgIpc) is 3.34. The molecule has 1 aliphatic rings. The van der Waals surface area contributed by atoms with Crippen LogP contribution < -0.4 is 9.04 Å². The molecule has 0 spiro atoms. The van der Waals surface area contributed by atoms with E-state index >= 15 is 0 Å². The van der Waals surface area contributed by atoms with E-state index in [0.29, 0.717) is 11.6 Å². The first-order chi connectivity index (χ1) is 17.1. The number of carbonyl (C=O) groups excluding carboxylic acids is 1. The van der Waals surface area contributed by atoms with Gasteiger partial charge in [-0.1, -0.05) is 41.4 Å². The third-order valence-corrected chi connectivity index (χ3v) is 8.11. The number of ether oxygens (including phenoxy) is 1. The van der Waals surface area contributed by atoms with Crippen molar-refractivity contribution in [2.45, 2.75) is 37.3 Å². The van der Waals surface area contributed by atoms with Crippen LogP contribution in [0.3, 0.4) is 0 Å². The Labute approximate surface area is 214 Å². The molecular formula is C26H25ClF2N2O4S. The smallest absolute Gasteiger partial charge is 0.387 e. The first-order valence-electron chi connectivity index (χ1n) is 11.3. The number of hydrogen-bond donors (Lipinski definition) is 0. The van der Waals surface area contributed by atoms with Crippen LogP contribution in [0.5, 0.6) is 5.75 Å². The molecule has 36 heavy (non-hydrogen) atoms. The summed E-state index contributed by atoms with van der Waals surface area (Å²) >= 11 is 6.00. The van der Waals surface area contributed by atoms with Crippen molar-refractivity contribution in [3.8, 4) is 5.75 Å². The van der Waals surface area contributed by atoms with E-state index in [1.807, 2.05) is 31.2 Å². The lowest BCUT2D eigenvalue weighted by atomic mass is 10.0. The molecule has 0 aromatic heterocycles. The summed E-state index contributed by atoms with van der Waals surface area (Å²) in [6.45, 7) is -0.951. The second-order valence-electron chi connectivity index (χ2n) is 8.49. The Morgan fingerprint density at radius 2 is 1.69 bits per heavy atom. The molecule has 1 amide bonds. The number of halogens is 3. The van der Waals surface area contributed by atoms with Gasteiger partial charge in [-0.3, -0.25) is 9.10 Å². The van der Waals surface area contributed by atoms with Crippen LogP contribution in [-0.2, 0) is 14.8 Å². The van der Waals surface area contributed by atoms with Gasteiger partial charge in [0.1, 0.15) is 12.3 Å². The third-order valence-electron chi connectivity index (χ3n) is 6.07. The van der Waals surface area contributed by atoms with E-state index in [1.54, 1.807) is 4.90 Å². The van der Waals surface area contributed by atoms with Gasteiger partial charge in [-0.2, -0.15) is 8.78 Å². The summed E-state index contributed by atoms with van der Waals surface area (Å²) in [4.78, 5) is 15.0. The molecular weight excluding hydrogens is 510 g/mol. The number of carbonyl (C=O) groups is 1. The number of alkyl halides is 2. The number of hydrogen-bond acceptors (Lipinski definition) is 4. The molecule has 4 rings (SSSR count). The van der Waals surface area contributed by atoms with Gasteiger partial charge in [0.2, 0.25) is 5.91 Å². The number of rotatable bonds is 8. The van der Waals surface area contributed by atoms with Crippen LogP contribution in [0, 0.1) is 6.92 Å². The predicted octanol–water partition coefficient (Wildman–Crippen LogP) is 5.81. The fourth-order valence-corrected chi connectivity index (χ4v) is 5.80. The molecule has 10 heteroatoms. The van der Waals surface area contributed by atoms with Crippen molar-refractivity contribution in [1.82, 2.24) is 4.90 Å². The van der Waals surface area contributed by atoms with Gasteiger partial charge in [-0.05, 0) is 73.9 Å². The van der Waals surface area contributed by atoms with E-state index in [4.69, 9.17) is 11.6 Å². The highest BCUT2D eigenvalue weighted by Crippen LogP contribution is 2.33. The molecule has 190 valence electrons. The Hall–Kier alpha value is -3.17. The van der Waals surface area contributed by atoms with Gasteiger partial charge < -0.3 is 9.64 Å². The first-order valence-corrected chi connectivity index (χ1v) is 13.2. The van der Waals surface area contributed by atoms with Crippen molar-refractivity contribution in [3.05, 3.63) is 88.9 Å². The normalized spacial score (nSPS) is 15.8. The van der Waals surface area contributed by atoms with Gasteiger partial charge in [-0.15, -0.1) is 0 Å². The number of sulfonamides is 1. The van der Waals surface area contributed by atoms with Crippen LogP contribution in [0.15, 0.2) is 77.7 Å². The van der Waals surface area contributed by atoms with Crippen LogP contribution in [0.25, 0.3) is 0 Å². The highest BCUT2D eigenvalue weighted by atomic mass is 35.5. The summed E-state index contributed by atoms with van der Waals surface area (Å²) < 4.78 is 57.6. The Balaban J connectivity index is 1.64. The van der Waals surface area contributed by atoms with E-state index in [-0.39, 0.29) is 28.3 Å². The highest BCUT2D eigenvalue weighted by molar-refractivity contribution is 7.92. The standard InChI is InChI=1S/C26H25ClF2N2O4S/c1-18-4-6-19(7-5-18)24-3-2-16-30(24)25(32)17-31(21-10-8-20(27)9-11-21)36(33,34)23-14-12-22(13-15-23)35-26(28)29/h4-15,24,26H,2-3,16-17H2,1H3. The number of anilines is 1. The summed E-state index contributed by atoms with van der Waals surface area (Å²) in [5, 5.41) is 0.412. The van der Waals surface area contributed by atoms with Crippen LogP contribution in [0.4, 0.5) is 14.5 Å². The van der Waals surface area contributed by atoms with Gasteiger partial charge >= 0.3 is 6.61 Å². The van der Waals surface area contributed by atoms with Crippen LogP contribution in [0.1, 0.15) is 30.0 Å². The molecule has 0 N–H and O–H groups in total. The van der Waals surface area contributed by atoms with Crippen molar-refractivity contribution in [1.29, 1.82) is 0 Å². The number of amides is 1. The fourth-order valence-electron chi connectivity index (χ4n) is 4.26. The molecule has 0 saturated carbocycles. The highest BCUT2D eigenvalue weighted by Gasteiger charge is 2.34. The lowest BCUT2D eigenvalue weighted by Gasteiger charge is -2.30. The molecule has 3 aromatic rings.